The maximum atomic E-state index is 12.5. The van der Waals surface area contributed by atoms with E-state index in [-0.39, 0.29) is 12.4 Å². The number of H-pyrrole nitrogens is 1. The molecule has 0 bridgehead atoms. The molecule has 0 aliphatic carbocycles. The number of nitrogens with two attached hydrogens (primary N) is 1. The second-order valence-corrected chi connectivity index (χ2v) is 1.77. The average molecular weight is 155 g/mol. The third-order valence-corrected chi connectivity index (χ3v) is 1.02. The van der Waals surface area contributed by atoms with Gasteiger partial charge in [-0.05, 0) is 0 Å². The number of nitrogens with zero attached hydrogens (tertiary/aromatic N) is 3. The number of hydrogen-bond donors (Lipinski definition) is 2. The first-order chi connectivity index (χ1) is 5.25. The molecule has 0 spiro atoms. The molecular weight excluding hydrogens is 149 g/mol. The highest BCUT2D eigenvalue weighted by Crippen LogP contribution is 2.07. The fourth-order valence-electron chi connectivity index (χ4n) is 0.568. The molecule has 3 N–H and O–H groups in total. The van der Waals surface area contributed by atoms with Crippen LogP contribution in [0.2, 0.25) is 0 Å². The van der Waals surface area contributed by atoms with Crippen LogP contribution in [0.25, 0.3) is 0 Å². The summed E-state index contributed by atoms with van der Waals surface area (Å²) in [7, 11) is 0. The number of hydrazine groups is 1. The quantitative estimate of drug-likeness (QED) is 0.335. The monoisotopic (exact) mass is 155 g/mol. The minimum atomic E-state index is -0.761. The van der Waals surface area contributed by atoms with E-state index in [4.69, 9.17) is 12.3 Å². The zero-order valence-corrected chi connectivity index (χ0v) is 5.58. The Morgan fingerprint density at radius 1 is 1.73 bits per heavy atom. The van der Waals surface area contributed by atoms with E-state index in [1.165, 1.54) is 0 Å². The van der Waals surface area contributed by atoms with Crippen molar-refractivity contribution in [2.24, 2.45) is 5.84 Å². The molecule has 0 unspecified atom stereocenters. The number of hydrogen-bond acceptors (Lipinski definition) is 4. The van der Waals surface area contributed by atoms with Crippen LogP contribution in [0.1, 0.15) is 0 Å². The Morgan fingerprint density at radius 3 is 2.91 bits per heavy atom. The third kappa shape index (κ3) is 1.45. The Kier molecular flexibility index (Phi) is 2.03. The van der Waals surface area contributed by atoms with Crippen LogP contribution in [-0.4, -0.2) is 22.0 Å². The highest BCUT2D eigenvalue weighted by molar-refractivity contribution is 5.34. The van der Waals surface area contributed by atoms with E-state index in [0.717, 1.165) is 5.01 Å². The van der Waals surface area contributed by atoms with Gasteiger partial charge in [-0.25, -0.2) is 5.84 Å². The van der Waals surface area contributed by atoms with Gasteiger partial charge in [0.2, 0.25) is 5.82 Å². The van der Waals surface area contributed by atoms with Crippen molar-refractivity contribution < 1.29 is 4.39 Å². The largest absolute Gasteiger partial charge is 0.277 e. The summed E-state index contributed by atoms with van der Waals surface area (Å²) in [5, 5.41) is 9.61. The van der Waals surface area contributed by atoms with Crippen molar-refractivity contribution in [2.75, 3.05) is 11.6 Å². The summed E-state index contributed by atoms with van der Waals surface area (Å²) in [6.07, 6.45) is 4.93. The summed E-state index contributed by atoms with van der Waals surface area (Å²) in [4.78, 5) is 0. The molecule has 1 aromatic heterocycles. The van der Waals surface area contributed by atoms with Gasteiger partial charge in [-0.2, -0.15) is 9.60 Å². The first-order valence-corrected chi connectivity index (χ1v) is 2.77. The molecule has 0 saturated heterocycles. The van der Waals surface area contributed by atoms with E-state index in [9.17, 15) is 4.39 Å². The summed E-state index contributed by atoms with van der Waals surface area (Å²) in [6, 6.07) is 0. The molecule has 0 fully saturated rings. The van der Waals surface area contributed by atoms with Crippen molar-refractivity contribution >= 4 is 5.82 Å². The summed E-state index contributed by atoms with van der Waals surface area (Å²) < 4.78 is 12.5. The highest BCUT2D eigenvalue weighted by atomic mass is 19.1. The summed E-state index contributed by atoms with van der Waals surface area (Å²) in [6.45, 7) is 0.0868. The van der Waals surface area contributed by atoms with Crippen molar-refractivity contribution in [1.82, 2.24) is 15.4 Å². The summed E-state index contributed by atoms with van der Waals surface area (Å²) in [5.41, 5.74) is 0. The van der Waals surface area contributed by atoms with Crippen molar-refractivity contribution in [1.29, 1.82) is 0 Å². The van der Waals surface area contributed by atoms with Crippen LogP contribution in [0.3, 0.4) is 0 Å². The lowest BCUT2D eigenvalue weighted by atomic mass is 10.6. The summed E-state index contributed by atoms with van der Waals surface area (Å²) >= 11 is 0. The molecule has 0 aliphatic rings. The van der Waals surface area contributed by atoms with Gasteiger partial charge in [-0.3, -0.25) is 5.01 Å². The van der Waals surface area contributed by atoms with E-state index in [1.807, 2.05) is 0 Å². The van der Waals surface area contributed by atoms with Crippen LogP contribution < -0.4 is 10.9 Å². The molecule has 1 heterocycles. The van der Waals surface area contributed by atoms with E-state index in [1.54, 1.807) is 0 Å². The van der Waals surface area contributed by atoms with Crippen LogP contribution in [-0.2, 0) is 0 Å². The minimum Gasteiger partial charge on any atom is -0.277 e. The molecule has 1 rings (SSSR count). The fraction of sp³-hybridized carbons (Fsp3) is 0.200. The zero-order valence-electron chi connectivity index (χ0n) is 5.58. The van der Waals surface area contributed by atoms with E-state index >= 15 is 0 Å². The SMILES string of the molecule is C#CCN(N)c1n[nH]nc1F. The molecule has 6 heteroatoms. The molecule has 1 aromatic rings. The Hall–Kier alpha value is -1.61. The van der Waals surface area contributed by atoms with Gasteiger partial charge in [0, 0.05) is 0 Å². The number of nitrogens with one attached hydrogen (secondary N) is 1. The topological polar surface area (TPSA) is 70.8 Å². The van der Waals surface area contributed by atoms with Crippen molar-refractivity contribution in [3.63, 3.8) is 0 Å². The maximum absolute atomic E-state index is 12.5. The molecule has 5 nitrogen and oxygen atoms in total. The number of halogens is 1. The molecule has 0 atom stereocenters. The summed E-state index contributed by atoms with van der Waals surface area (Å²) in [5.74, 6) is 6.67. The molecule has 0 aliphatic heterocycles. The predicted molar refractivity (Wildman–Crippen MR) is 36.7 cm³/mol. The number of rotatable bonds is 2. The van der Waals surface area contributed by atoms with Crippen LogP contribution in [0.4, 0.5) is 10.2 Å². The molecule has 0 aromatic carbocycles. The normalized spacial score (nSPS) is 9.18. The Labute approximate surface area is 62.3 Å². The van der Waals surface area contributed by atoms with E-state index in [2.05, 4.69) is 21.3 Å². The Balaban J connectivity index is 2.77. The van der Waals surface area contributed by atoms with Crippen LogP contribution in [0, 0.1) is 18.3 Å². The molecule has 11 heavy (non-hydrogen) atoms. The van der Waals surface area contributed by atoms with Crippen molar-refractivity contribution in [2.45, 2.75) is 0 Å². The third-order valence-electron chi connectivity index (χ3n) is 1.02. The Bertz CT molecular complexity index is 275. The average Bonchev–Trinajstić information content (AvgIpc) is 2.36. The lowest BCUT2D eigenvalue weighted by Gasteiger charge is -2.09. The standard InChI is InChI=1S/C5H6FN5/c1-2-3-11(7)5-4(6)8-10-9-5/h1H,3,7H2,(H,8,9,10). The molecule has 58 valence electrons. The molecule has 0 saturated carbocycles. The number of aromatic nitrogens is 3. The fourth-order valence-corrected chi connectivity index (χ4v) is 0.568. The van der Waals surface area contributed by atoms with E-state index < -0.39 is 5.95 Å². The molecule has 0 amide bonds. The van der Waals surface area contributed by atoms with Gasteiger partial charge in [0.05, 0.1) is 6.54 Å². The molecule has 0 radical (unpaired) electrons. The van der Waals surface area contributed by atoms with Gasteiger partial charge in [-0.1, -0.05) is 5.92 Å². The number of terminal acetylenes is 1. The van der Waals surface area contributed by atoms with Gasteiger partial charge in [0.25, 0.3) is 5.95 Å². The minimum absolute atomic E-state index is 0.0806. The van der Waals surface area contributed by atoms with Gasteiger partial charge in [0.1, 0.15) is 0 Å². The first kappa shape index (κ1) is 7.50. The second kappa shape index (κ2) is 2.98. The highest BCUT2D eigenvalue weighted by Gasteiger charge is 2.10. The zero-order chi connectivity index (χ0) is 8.27. The number of aromatic amines is 1. The van der Waals surface area contributed by atoms with E-state index in [0.29, 0.717) is 0 Å². The maximum Gasteiger partial charge on any atom is 0.277 e. The number of anilines is 1. The van der Waals surface area contributed by atoms with Gasteiger partial charge < -0.3 is 0 Å². The van der Waals surface area contributed by atoms with Crippen LogP contribution in [0.15, 0.2) is 0 Å². The second-order valence-electron chi connectivity index (χ2n) is 1.77. The van der Waals surface area contributed by atoms with Gasteiger partial charge in [-0.15, -0.1) is 16.6 Å². The van der Waals surface area contributed by atoms with Crippen molar-refractivity contribution in [3.8, 4) is 12.3 Å². The van der Waals surface area contributed by atoms with Gasteiger partial charge in [0.15, 0.2) is 0 Å². The smallest absolute Gasteiger partial charge is 0.277 e. The van der Waals surface area contributed by atoms with Crippen LogP contribution in [0.5, 0.6) is 0 Å². The lowest BCUT2D eigenvalue weighted by Crippen LogP contribution is -2.32. The van der Waals surface area contributed by atoms with Crippen molar-refractivity contribution in [3.05, 3.63) is 5.95 Å². The predicted octanol–water partition coefficient (Wildman–Crippen LogP) is -0.743. The van der Waals surface area contributed by atoms with Gasteiger partial charge >= 0.3 is 0 Å². The van der Waals surface area contributed by atoms with Crippen LogP contribution >= 0.6 is 0 Å². The first-order valence-electron chi connectivity index (χ1n) is 2.77. The molecular formula is C5H6FN5. The Morgan fingerprint density at radius 2 is 2.45 bits per heavy atom. The lowest BCUT2D eigenvalue weighted by molar-refractivity contribution is 0.576.